The summed E-state index contributed by atoms with van der Waals surface area (Å²) in [5.74, 6) is -0.0767. The van der Waals surface area contributed by atoms with Gasteiger partial charge in [-0.15, -0.1) is 11.3 Å². The molecule has 0 saturated carbocycles. The van der Waals surface area contributed by atoms with E-state index in [1.54, 1.807) is 30.3 Å². The zero-order valence-corrected chi connectivity index (χ0v) is 19.8. The summed E-state index contributed by atoms with van der Waals surface area (Å²) in [6.07, 6.45) is 0. The third-order valence-electron chi connectivity index (χ3n) is 4.58. The van der Waals surface area contributed by atoms with Crippen molar-refractivity contribution in [1.29, 1.82) is 0 Å². The molecule has 5 nitrogen and oxygen atoms in total. The van der Waals surface area contributed by atoms with Gasteiger partial charge in [0.1, 0.15) is 0 Å². The van der Waals surface area contributed by atoms with Crippen LogP contribution in [0.25, 0.3) is 10.2 Å². The van der Waals surface area contributed by atoms with Crippen molar-refractivity contribution in [3.63, 3.8) is 0 Å². The summed E-state index contributed by atoms with van der Waals surface area (Å²) >= 11 is 8.98. The predicted octanol–water partition coefficient (Wildman–Crippen LogP) is 6.55. The SMILES string of the molecule is Cc1cc(C)cc(NC(=O)CSc2nc3ccc(NC(=O)c4ccccc4Cl)cc3s2)c1. The molecule has 2 N–H and O–H groups in total. The lowest BCUT2D eigenvalue weighted by Gasteiger charge is -2.06. The average Bonchev–Trinajstić information content (AvgIpc) is 3.14. The molecule has 8 heteroatoms. The highest BCUT2D eigenvalue weighted by molar-refractivity contribution is 8.01. The molecule has 2 amide bonds. The standard InChI is InChI=1S/C24H20ClN3O2S2/c1-14-9-15(2)11-17(10-14)26-22(29)13-31-24-28-20-8-7-16(12-21(20)32-24)27-23(30)18-5-3-4-6-19(18)25/h3-12H,13H2,1-2H3,(H,26,29)(H,27,30). The van der Waals surface area contributed by atoms with Crippen molar-refractivity contribution in [2.45, 2.75) is 18.2 Å². The zero-order chi connectivity index (χ0) is 22.7. The van der Waals surface area contributed by atoms with Crippen molar-refractivity contribution in [2.75, 3.05) is 16.4 Å². The molecule has 3 aromatic carbocycles. The lowest BCUT2D eigenvalue weighted by atomic mass is 10.1. The first-order chi connectivity index (χ1) is 15.4. The fraction of sp³-hybridized carbons (Fsp3) is 0.125. The van der Waals surface area contributed by atoms with Crippen LogP contribution in [-0.4, -0.2) is 22.6 Å². The van der Waals surface area contributed by atoms with Gasteiger partial charge in [-0.25, -0.2) is 4.98 Å². The van der Waals surface area contributed by atoms with Crippen LogP contribution in [-0.2, 0) is 4.79 Å². The van der Waals surface area contributed by atoms with E-state index in [4.69, 9.17) is 11.6 Å². The molecule has 162 valence electrons. The Morgan fingerprint density at radius 1 is 0.969 bits per heavy atom. The van der Waals surface area contributed by atoms with Crippen LogP contribution in [0.3, 0.4) is 0 Å². The van der Waals surface area contributed by atoms with E-state index >= 15 is 0 Å². The van der Waals surface area contributed by atoms with Crippen molar-refractivity contribution in [1.82, 2.24) is 4.98 Å². The first-order valence-corrected chi connectivity index (χ1v) is 12.0. The molecule has 0 aliphatic heterocycles. The molecule has 0 atom stereocenters. The Kier molecular flexibility index (Phi) is 6.79. The van der Waals surface area contributed by atoms with Gasteiger partial charge in [0.15, 0.2) is 4.34 Å². The minimum absolute atomic E-state index is 0.0769. The Labute approximate surface area is 199 Å². The Balaban J connectivity index is 1.40. The zero-order valence-electron chi connectivity index (χ0n) is 17.4. The monoisotopic (exact) mass is 481 g/mol. The molecular weight excluding hydrogens is 462 g/mol. The smallest absolute Gasteiger partial charge is 0.257 e. The number of carbonyl (C=O) groups excluding carboxylic acids is 2. The number of halogens is 1. The van der Waals surface area contributed by atoms with Crippen LogP contribution < -0.4 is 10.6 Å². The number of aromatic nitrogens is 1. The number of thioether (sulfide) groups is 1. The molecule has 0 radical (unpaired) electrons. The molecule has 4 rings (SSSR count). The molecule has 4 aromatic rings. The van der Waals surface area contributed by atoms with Gasteiger partial charge < -0.3 is 10.6 Å². The number of amides is 2. The molecule has 0 aliphatic carbocycles. The van der Waals surface area contributed by atoms with Gasteiger partial charge in [-0.05, 0) is 67.4 Å². The number of carbonyl (C=O) groups is 2. The molecule has 0 unspecified atom stereocenters. The Hall–Kier alpha value is -2.87. The first kappa shape index (κ1) is 22.3. The second-order valence-corrected chi connectivity index (χ2v) is 9.97. The van der Waals surface area contributed by atoms with E-state index in [0.717, 1.165) is 31.4 Å². The molecule has 1 aromatic heterocycles. The highest BCUT2D eigenvalue weighted by Gasteiger charge is 2.12. The highest BCUT2D eigenvalue weighted by atomic mass is 35.5. The third kappa shape index (κ3) is 5.48. The number of rotatable bonds is 6. The van der Waals surface area contributed by atoms with Gasteiger partial charge in [-0.1, -0.05) is 41.6 Å². The van der Waals surface area contributed by atoms with Crippen LogP contribution >= 0.6 is 34.7 Å². The Morgan fingerprint density at radius 3 is 2.47 bits per heavy atom. The summed E-state index contributed by atoms with van der Waals surface area (Å²) in [7, 11) is 0. The average molecular weight is 482 g/mol. The maximum Gasteiger partial charge on any atom is 0.257 e. The number of fused-ring (bicyclic) bond motifs is 1. The van der Waals surface area contributed by atoms with E-state index < -0.39 is 0 Å². The fourth-order valence-corrected chi connectivity index (χ4v) is 5.39. The predicted molar refractivity (Wildman–Crippen MR) is 134 cm³/mol. The van der Waals surface area contributed by atoms with E-state index in [-0.39, 0.29) is 17.6 Å². The first-order valence-electron chi connectivity index (χ1n) is 9.85. The largest absolute Gasteiger partial charge is 0.325 e. The fourth-order valence-electron chi connectivity index (χ4n) is 3.26. The minimum Gasteiger partial charge on any atom is -0.325 e. The van der Waals surface area contributed by atoms with Crippen LogP contribution in [0.2, 0.25) is 5.02 Å². The van der Waals surface area contributed by atoms with Crippen molar-refractivity contribution in [3.05, 3.63) is 82.4 Å². The number of anilines is 2. The molecule has 32 heavy (non-hydrogen) atoms. The molecule has 0 saturated heterocycles. The lowest BCUT2D eigenvalue weighted by Crippen LogP contribution is -2.14. The third-order valence-corrected chi connectivity index (χ3v) is 7.07. The highest BCUT2D eigenvalue weighted by Crippen LogP contribution is 2.31. The quantitative estimate of drug-likeness (QED) is 0.306. The van der Waals surface area contributed by atoms with Gasteiger partial charge in [0.05, 0.1) is 26.6 Å². The summed E-state index contributed by atoms with van der Waals surface area (Å²) in [6.45, 7) is 4.01. The van der Waals surface area contributed by atoms with Gasteiger partial charge in [0, 0.05) is 11.4 Å². The summed E-state index contributed by atoms with van der Waals surface area (Å²) in [5, 5.41) is 6.21. The number of hydrogen-bond donors (Lipinski definition) is 2. The number of hydrogen-bond acceptors (Lipinski definition) is 5. The Bertz CT molecular complexity index is 1300. The molecule has 1 heterocycles. The Morgan fingerprint density at radius 2 is 1.72 bits per heavy atom. The number of benzene rings is 3. The lowest BCUT2D eigenvalue weighted by molar-refractivity contribution is -0.113. The molecule has 0 fully saturated rings. The van der Waals surface area contributed by atoms with Crippen LogP contribution in [0, 0.1) is 13.8 Å². The second kappa shape index (κ2) is 9.73. The van der Waals surface area contributed by atoms with Crippen LogP contribution in [0.5, 0.6) is 0 Å². The summed E-state index contributed by atoms with van der Waals surface area (Å²) in [6, 6.07) is 18.4. The van der Waals surface area contributed by atoms with E-state index in [1.807, 2.05) is 38.1 Å². The maximum atomic E-state index is 12.5. The van der Waals surface area contributed by atoms with Gasteiger partial charge >= 0.3 is 0 Å². The van der Waals surface area contributed by atoms with Crippen molar-refractivity contribution >= 4 is 68.1 Å². The number of aryl methyl sites for hydroxylation is 2. The van der Waals surface area contributed by atoms with E-state index in [0.29, 0.717) is 16.3 Å². The van der Waals surface area contributed by atoms with Gasteiger partial charge in [0.2, 0.25) is 5.91 Å². The van der Waals surface area contributed by atoms with Crippen molar-refractivity contribution in [2.24, 2.45) is 0 Å². The summed E-state index contributed by atoms with van der Waals surface area (Å²) in [4.78, 5) is 29.4. The number of nitrogens with one attached hydrogen (secondary N) is 2. The second-order valence-electron chi connectivity index (χ2n) is 7.31. The van der Waals surface area contributed by atoms with Crippen LogP contribution in [0.15, 0.2) is 65.0 Å². The molecular formula is C24H20ClN3O2S2. The van der Waals surface area contributed by atoms with Gasteiger partial charge in [-0.2, -0.15) is 0 Å². The van der Waals surface area contributed by atoms with Crippen LogP contribution in [0.4, 0.5) is 11.4 Å². The maximum absolute atomic E-state index is 12.5. The van der Waals surface area contributed by atoms with Crippen LogP contribution in [0.1, 0.15) is 21.5 Å². The van der Waals surface area contributed by atoms with Gasteiger partial charge in [-0.3, -0.25) is 9.59 Å². The normalized spacial score (nSPS) is 10.8. The molecule has 0 bridgehead atoms. The van der Waals surface area contributed by atoms with E-state index in [1.165, 1.54) is 23.1 Å². The van der Waals surface area contributed by atoms with E-state index in [9.17, 15) is 9.59 Å². The van der Waals surface area contributed by atoms with Gasteiger partial charge in [0.25, 0.3) is 5.91 Å². The summed E-state index contributed by atoms with van der Waals surface area (Å²) < 4.78 is 1.73. The van der Waals surface area contributed by atoms with Crippen molar-refractivity contribution < 1.29 is 9.59 Å². The molecule has 0 spiro atoms. The summed E-state index contributed by atoms with van der Waals surface area (Å²) in [5.41, 5.74) is 4.92. The topological polar surface area (TPSA) is 71.1 Å². The minimum atomic E-state index is -0.267. The molecule has 0 aliphatic rings. The van der Waals surface area contributed by atoms with E-state index in [2.05, 4.69) is 21.7 Å². The number of nitrogens with zero attached hydrogens (tertiary/aromatic N) is 1. The van der Waals surface area contributed by atoms with Crippen molar-refractivity contribution in [3.8, 4) is 0 Å². The number of thiazole rings is 1.